The van der Waals surface area contributed by atoms with Crippen molar-refractivity contribution in [2.75, 3.05) is 5.32 Å². The zero-order valence-electron chi connectivity index (χ0n) is 9.08. The molecule has 2 heterocycles. The monoisotopic (exact) mass is 361 g/mol. The van der Waals surface area contributed by atoms with Gasteiger partial charge in [-0.3, -0.25) is 14.6 Å². The van der Waals surface area contributed by atoms with Crippen molar-refractivity contribution in [3.8, 4) is 0 Å². The Hall–Kier alpha value is -1.15. The van der Waals surface area contributed by atoms with E-state index in [0.29, 0.717) is 20.5 Å². The van der Waals surface area contributed by atoms with Crippen LogP contribution in [-0.4, -0.2) is 25.9 Å². The molecule has 2 aromatic rings. The van der Waals surface area contributed by atoms with Crippen LogP contribution in [0.15, 0.2) is 15.3 Å². The largest absolute Gasteiger partial charge is 0.318 e. The van der Waals surface area contributed by atoms with Gasteiger partial charge in [0.05, 0.1) is 22.1 Å². The second-order valence-corrected chi connectivity index (χ2v) is 5.01. The summed E-state index contributed by atoms with van der Waals surface area (Å²) in [4.78, 5) is 11.9. The lowest BCUT2D eigenvalue weighted by Gasteiger charge is -2.02. The fourth-order valence-corrected chi connectivity index (χ4v) is 1.89. The van der Waals surface area contributed by atoms with Crippen LogP contribution in [0.1, 0.15) is 16.2 Å². The zero-order chi connectivity index (χ0) is 12.6. The number of rotatable bonds is 2. The minimum absolute atomic E-state index is 0.292. The Morgan fingerprint density at radius 2 is 2.24 bits per heavy atom. The molecule has 1 amide bonds. The molecule has 0 fully saturated rings. The maximum atomic E-state index is 11.9. The van der Waals surface area contributed by atoms with Crippen molar-refractivity contribution in [3.63, 3.8) is 0 Å². The van der Waals surface area contributed by atoms with E-state index in [0.717, 1.165) is 5.69 Å². The first kappa shape index (κ1) is 12.3. The molecule has 0 unspecified atom stereocenters. The SMILES string of the molecule is Cc1c(NC(=O)c2n[nH]c(Br)c2Br)cnn1C. The number of aromatic amines is 1. The van der Waals surface area contributed by atoms with Gasteiger partial charge in [0.2, 0.25) is 0 Å². The van der Waals surface area contributed by atoms with Gasteiger partial charge in [-0.15, -0.1) is 0 Å². The van der Waals surface area contributed by atoms with Gasteiger partial charge in [0, 0.05) is 7.05 Å². The lowest BCUT2D eigenvalue weighted by atomic mass is 10.3. The molecule has 0 aliphatic heterocycles. The Morgan fingerprint density at radius 3 is 2.71 bits per heavy atom. The standard InChI is InChI=1S/C9H9Br2N5O/c1-4-5(3-12-16(4)2)13-9(17)7-6(10)8(11)15-14-7/h3H,1-2H3,(H,13,17)(H,14,15). The predicted octanol–water partition coefficient (Wildman–Crippen LogP) is 2.23. The van der Waals surface area contributed by atoms with Crippen LogP contribution in [-0.2, 0) is 7.05 Å². The van der Waals surface area contributed by atoms with Gasteiger partial charge in [0.1, 0.15) is 4.60 Å². The van der Waals surface area contributed by atoms with Crippen molar-refractivity contribution in [1.82, 2.24) is 20.0 Å². The van der Waals surface area contributed by atoms with Crippen LogP contribution in [0.4, 0.5) is 5.69 Å². The highest BCUT2D eigenvalue weighted by molar-refractivity contribution is 9.13. The number of carbonyl (C=O) groups is 1. The number of nitrogens with zero attached hydrogens (tertiary/aromatic N) is 3. The average molecular weight is 363 g/mol. The molecule has 0 aliphatic carbocycles. The second-order valence-electron chi connectivity index (χ2n) is 3.42. The maximum absolute atomic E-state index is 11.9. The smallest absolute Gasteiger partial charge is 0.277 e. The lowest BCUT2D eigenvalue weighted by Crippen LogP contribution is -2.13. The molecule has 6 nitrogen and oxygen atoms in total. The molecular weight excluding hydrogens is 354 g/mol. The molecule has 0 aliphatic rings. The highest BCUT2D eigenvalue weighted by Gasteiger charge is 2.17. The lowest BCUT2D eigenvalue weighted by molar-refractivity contribution is 0.102. The Labute approximate surface area is 114 Å². The number of H-pyrrole nitrogens is 1. The van der Waals surface area contributed by atoms with Crippen LogP contribution >= 0.6 is 31.9 Å². The van der Waals surface area contributed by atoms with E-state index in [-0.39, 0.29) is 5.91 Å². The molecule has 0 aromatic carbocycles. The molecule has 0 atom stereocenters. The van der Waals surface area contributed by atoms with Gasteiger partial charge in [-0.2, -0.15) is 10.2 Å². The van der Waals surface area contributed by atoms with Crippen molar-refractivity contribution in [3.05, 3.63) is 26.7 Å². The van der Waals surface area contributed by atoms with Crippen molar-refractivity contribution in [2.24, 2.45) is 7.05 Å². The van der Waals surface area contributed by atoms with Gasteiger partial charge in [-0.25, -0.2) is 0 Å². The van der Waals surface area contributed by atoms with E-state index in [2.05, 4.69) is 52.5 Å². The molecule has 2 N–H and O–H groups in total. The number of nitrogens with one attached hydrogen (secondary N) is 2. The second kappa shape index (κ2) is 4.61. The van der Waals surface area contributed by atoms with Crippen LogP contribution < -0.4 is 5.32 Å². The summed E-state index contributed by atoms with van der Waals surface area (Å²) in [5.41, 5.74) is 1.84. The Morgan fingerprint density at radius 1 is 1.53 bits per heavy atom. The summed E-state index contributed by atoms with van der Waals surface area (Å²) < 4.78 is 2.91. The summed E-state index contributed by atoms with van der Waals surface area (Å²) in [6.07, 6.45) is 1.60. The summed E-state index contributed by atoms with van der Waals surface area (Å²) in [5, 5.41) is 13.3. The molecule has 8 heteroatoms. The number of halogens is 2. The topological polar surface area (TPSA) is 75.6 Å². The Bertz CT molecular complexity index is 574. The molecule has 0 spiro atoms. The molecule has 2 aromatic heterocycles. The Balaban J connectivity index is 2.23. The minimum atomic E-state index is -0.296. The maximum Gasteiger partial charge on any atom is 0.277 e. The third-order valence-electron chi connectivity index (χ3n) is 2.36. The molecular formula is C9H9Br2N5O. The number of anilines is 1. The predicted molar refractivity (Wildman–Crippen MR) is 69.9 cm³/mol. The van der Waals surface area contributed by atoms with Crippen LogP contribution in [0.5, 0.6) is 0 Å². The minimum Gasteiger partial charge on any atom is -0.318 e. The van der Waals surface area contributed by atoms with E-state index >= 15 is 0 Å². The molecule has 0 bridgehead atoms. The number of hydrogen-bond acceptors (Lipinski definition) is 3. The Kier molecular flexibility index (Phi) is 3.34. The van der Waals surface area contributed by atoms with Crippen LogP contribution in [0.2, 0.25) is 0 Å². The number of aromatic nitrogens is 4. The number of aryl methyl sites for hydroxylation is 1. The van der Waals surface area contributed by atoms with Crippen molar-refractivity contribution < 1.29 is 4.79 Å². The first-order valence-corrected chi connectivity index (χ1v) is 6.28. The van der Waals surface area contributed by atoms with E-state index in [9.17, 15) is 4.79 Å². The van der Waals surface area contributed by atoms with Crippen molar-refractivity contribution in [1.29, 1.82) is 0 Å². The quantitative estimate of drug-likeness (QED) is 0.860. The van der Waals surface area contributed by atoms with E-state index in [4.69, 9.17) is 0 Å². The third kappa shape index (κ3) is 2.27. The molecule has 0 radical (unpaired) electrons. The van der Waals surface area contributed by atoms with E-state index in [1.54, 1.807) is 10.9 Å². The molecule has 90 valence electrons. The van der Waals surface area contributed by atoms with Gasteiger partial charge in [-0.05, 0) is 38.8 Å². The van der Waals surface area contributed by atoms with Crippen molar-refractivity contribution in [2.45, 2.75) is 6.92 Å². The fourth-order valence-electron chi connectivity index (χ4n) is 1.26. The first-order valence-electron chi connectivity index (χ1n) is 4.70. The summed E-state index contributed by atoms with van der Waals surface area (Å²) in [6.45, 7) is 1.87. The van der Waals surface area contributed by atoms with E-state index in [1.165, 1.54) is 0 Å². The first-order chi connectivity index (χ1) is 8.00. The van der Waals surface area contributed by atoms with Gasteiger partial charge >= 0.3 is 0 Å². The average Bonchev–Trinajstić information content (AvgIpc) is 2.77. The molecule has 0 saturated heterocycles. The van der Waals surface area contributed by atoms with Crippen molar-refractivity contribution >= 4 is 43.5 Å². The van der Waals surface area contributed by atoms with Crippen LogP contribution in [0.3, 0.4) is 0 Å². The van der Waals surface area contributed by atoms with Gasteiger partial charge in [0.25, 0.3) is 5.91 Å². The number of amides is 1. The van der Waals surface area contributed by atoms with E-state index in [1.807, 2.05) is 14.0 Å². The summed E-state index contributed by atoms with van der Waals surface area (Å²) in [7, 11) is 1.81. The van der Waals surface area contributed by atoms with Crippen LogP contribution in [0.25, 0.3) is 0 Å². The zero-order valence-corrected chi connectivity index (χ0v) is 12.3. The normalized spacial score (nSPS) is 10.6. The third-order valence-corrected chi connectivity index (χ3v) is 4.24. The fraction of sp³-hybridized carbons (Fsp3) is 0.222. The molecule has 17 heavy (non-hydrogen) atoms. The van der Waals surface area contributed by atoms with Crippen LogP contribution in [0, 0.1) is 6.92 Å². The van der Waals surface area contributed by atoms with Gasteiger partial charge in [-0.1, -0.05) is 0 Å². The number of carbonyl (C=O) groups excluding carboxylic acids is 1. The van der Waals surface area contributed by atoms with Gasteiger partial charge < -0.3 is 5.32 Å². The summed E-state index contributed by atoms with van der Waals surface area (Å²) in [5.74, 6) is -0.296. The number of hydrogen-bond donors (Lipinski definition) is 2. The molecule has 2 rings (SSSR count). The van der Waals surface area contributed by atoms with Gasteiger partial charge in [0.15, 0.2) is 5.69 Å². The highest BCUT2D eigenvalue weighted by atomic mass is 79.9. The molecule has 0 saturated carbocycles. The summed E-state index contributed by atoms with van der Waals surface area (Å²) in [6, 6.07) is 0. The van der Waals surface area contributed by atoms with E-state index < -0.39 is 0 Å². The highest BCUT2D eigenvalue weighted by Crippen LogP contribution is 2.24. The summed E-state index contributed by atoms with van der Waals surface area (Å²) >= 11 is 6.49.